The second kappa shape index (κ2) is 10.4. The van der Waals surface area contributed by atoms with Crippen LogP contribution in [0.3, 0.4) is 0 Å². The predicted octanol–water partition coefficient (Wildman–Crippen LogP) is 7.09. The molecule has 0 aliphatic heterocycles. The Labute approximate surface area is 208 Å². The smallest absolute Gasteiger partial charge is 0.292 e. The second-order valence-electron chi connectivity index (χ2n) is 8.33. The zero-order chi connectivity index (χ0) is 24.2. The fourth-order valence-electron chi connectivity index (χ4n) is 3.44. The fourth-order valence-corrected chi connectivity index (χ4v) is 3.74. The van der Waals surface area contributed by atoms with E-state index in [2.05, 4.69) is 24.3 Å². The van der Waals surface area contributed by atoms with E-state index in [0.29, 0.717) is 28.2 Å². The molecular formula is C26H25Cl2N3O3. The molecule has 0 bridgehead atoms. The van der Waals surface area contributed by atoms with E-state index in [1.165, 1.54) is 0 Å². The maximum atomic E-state index is 12.6. The molecule has 0 atom stereocenters. The van der Waals surface area contributed by atoms with Crippen LogP contribution in [0.25, 0.3) is 0 Å². The van der Waals surface area contributed by atoms with Crippen molar-refractivity contribution < 1.29 is 13.9 Å². The lowest BCUT2D eigenvalue weighted by Crippen LogP contribution is -2.12. The molecule has 176 valence electrons. The number of carbonyl (C=O) groups is 1. The van der Waals surface area contributed by atoms with Crippen LogP contribution in [0, 0.1) is 6.92 Å². The number of hydrogen-bond donors (Lipinski definition) is 1. The van der Waals surface area contributed by atoms with Gasteiger partial charge in [-0.1, -0.05) is 49.2 Å². The third-order valence-electron chi connectivity index (χ3n) is 5.31. The summed E-state index contributed by atoms with van der Waals surface area (Å²) in [5.41, 5.74) is 3.02. The van der Waals surface area contributed by atoms with E-state index in [4.69, 9.17) is 32.4 Å². The summed E-state index contributed by atoms with van der Waals surface area (Å²) in [6, 6.07) is 16.5. The van der Waals surface area contributed by atoms with Crippen LogP contribution in [0.1, 0.15) is 52.8 Å². The Balaban J connectivity index is 1.36. The average molecular weight is 498 g/mol. The van der Waals surface area contributed by atoms with E-state index in [1.807, 2.05) is 43.3 Å². The van der Waals surface area contributed by atoms with Crippen LogP contribution < -0.4 is 10.1 Å². The predicted molar refractivity (Wildman–Crippen MR) is 134 cm³/mol. The van der Waals surface area contributed by atoms with Crippen LogP contribution in [0.5, 0.6) is 5.75 Å². The van der Waals surface area contributed by atoms with Gasteiger partial charge in [-0.25, -0.2) is 0 Å². The van der Waals surface area contributed by atoms with Crippen molar-refractivity contribution in [1.82, 2.24) is 9.78 Å². The molecule has 1 N–H and O–H groups in total. The molecule has 0 radical (unpaired) electrons. The van der Waals surface area contributed by atoms with Gasteiger partial charge in [0.15, 0.2) is 11.6 Å². The number of nitrogens with one attached hydrogen (secondary N) is 1. The number of halogens is 2. The third kappa shape index (κ3) is 5.82. The summed E-state index contributed by atoms with van der Waals surface area (Å²) < 4.78 is 13.4. The number of rotatable bonds is 8. The number of aryl methyl sites for hydroxylation is 1. The largest absolute Gasteiger partial charge is 0.485 e. The van der Waals surface area contributed by atoms with E-state index >= 15 is 0 Å². The number of carbonyl (C=O) groups excluding carboxylic acids is 1. The lowest BCUT2D eigenvalue weighted by atomic mass is 10.0. The number of furan rings is 1. The van der Waals surface area contributed by atoms with Crippen molar-refractivity contribution in [1.29, 1.82) is 0 Å². The first-order valence-electron chi connectivity index (χ1n) is 10.9. The number of amides is 1. The molecule has 0 spiro atoms. The SMILES string of the molecule is Cc1cc(OCc2ccc(C(=O)Nc3ccn(Cc4ccc(Cl)cc4)n3)o2)c(C(C)C)cc1Cl. The first-order valence-corrected chi connectivity index (χ1v) is 11.6. The standard InChI is InChI=1S/C26H25Cl2N3O3/c1-16(2)21-13-22(28)17(3)12-24(21)33-15-20-8-9-23(34-20)26(32)29-25-10-11-31(30-25)14-18-4-6-19(27)7-5-18/h4-13,16H,14-15H2,1-3H3,(H,29,30,32). The molecule has 6 nitrogen and oxygen atoms in total. The van der Waals surface area contributed by atoms with Crippen LogP contribution in [0.15, 0.2) is 65.2 Å². The van der Waals surface area contributed by atoms with Crippen molar-refractivity contribution >= 4 is 34.9 Å². The van der Waals surface area contributed by atoms with E-state index in [1.54, 1.807) is 29.1 Å². The normalized spacial score (nSPS) is 11.1. The van der Waals surface area contributed by atoms with Gasteiger partial charge in [0.2, 0.25) is 0 Å². The van der Waals surface area contributed by atoms with Crippen LogP contribution >= 0.6 is 23.2 Å². The summed E-state index contributed by atoms with van der Waals surface area (Å²) in [5, 5.41) is 8.55. The molecule has 0 saturated heterocycles. The Hall–Kier alpha value is -3.22. The molecule has 0 saturated carbocycles. The van der Waals surface area contributed by atoms with Crippen LogP contribution in [0.2, 0.25) is 10.0 Å². The lowest BCUT2D eigenvalue weighted by molar-refractivity contribution is 0.0992. The summed E-state index contributed by atoms with van der Waals surface area (Å²) in [6.45, 7) is 6.87. The Morgan fingerprint density at radius 2 is 1.88 bits per heavy atom. The van der Waals surface area contributed by atoms with E-state index in [0.717, 1.165) is 22.4 Å². The minimum atomic E-state index is -0.381. The van der Waals surface area contributed by atoms with Crippen LogP contribution in [0.4, 0.5) is 5.82 Å². The number of nitrogens with zero attached hydrogens (tertiary/aromatic N) is 2. The first kappa shape index (κ1) is 23.9. The van der Waals surface area contributed by atoms with Crippen molar-refractivity contribution in [2.45, 2.75) is 39.8 Å². The summed E-state index contributed by atoms with van der Waals surface area (Å²) in [6.07, 6.45) is 1.80. The van der Waals surface area contributed by atoms with Crippen LogP contribution in [-0.4, -0.2) is 15.7 Å². The van der Waals surface area contributed by atoms with Gasteiger partial charge in [0.1, 0.15) is 18.1 Å². The van der Waals surface area contributed by atoms with Gasteiger partial charge in [-0.15, -0.1) is 0 Å². The molecule has 4 rings (SSSR count). The van der Waals surface area contributed by atoms with Gasteiger partial charge in [0.25, 0.3) is 5.91 Å². The number of aromatic nitrogens is 2. The average Bonchev–Trinajstić information content (AvgIpc) is 3.45. The molecule has 0 fully saturated rings. The second-order valence-corrected chi connectivity index (χ2v) is 9.17. The molecule has 8 heteroatoms. The van der Waals surface area contributed by atoms with Crippen LogP contribution in [-0.2, 0) is 13.2 Å². The minimum Gasteiger partial charge on any atom is -0.485 e. The number of hydrogen-bond acceptors (Lipinski definition) is 4. The van der Waals surface area contributed by atoms with Gasteiger partial charge in [0.05, 0.1) is 6.54 Å². The lowest BCUT2D eigenvalue weighted by Gasteiger charge is -2.15. The van der Waals surface area contributed by atoms with E-state index < -0.39 is 0 Å². The summed E-state index contributed by atoms with van der Waals surface area (Å²) in [4.78, 5) is 12.6. The molecule has 0 unspecified atom stereocenters. The van der Waals surface area contributed by atoms with Crippen molar-refractivity contribution in [2.75, 3.05) is 5.32 Å². The quantitative estimate of drug-likeness (QED) is 0.282. The highest BCUT2D eigenvalue weighted by Crippen LogP contribution is 2.32. The highest BCUT2D eigenvalue weighted by molar-refractivity contribution is 6.31. The summed E-state index contributed by atoms with van der Waals surface area (Å²) in [5.74, 6) is 1.79. The molecule has 4 aromatic rings. The van der Waals surface area contributed by atoms with Gasteiger partial charge in [-0.3, -0.25) is 9.48 Å². The third-order valence-corrected chi connectivity index (χ3v) is 5.97. The number of benzene rings is 2. The first-order chi connectivity index (χ1) is 16.3. The topological polar surface area (TPSA) is 69.3 Å². The highest BCUT2D eigenvalue weighted by atomic mass is 35.5. The van der Waals surface area contributed by atoms with Gasteiger partial charge in [-0.2, -0.15) is 5.10 Å². The van der Waals surface area contributed by atoms with Crippen molar-refractivity contribution in [3.8, 4) is 5.75 Å². The Morgan fingerprint density at radius 3 is 2.62 bits per heavy atom. The molecule has 0 aliphatic carbocycles. The molecule has 2 heterocycles. The maximum absolute atomic E-state index is 12.6. The van der Waals surface area contributed by atoms with Gasteiger partial charge in [-0.05, 0) is 65.9 Å². The number of ether oxygens (including phenoxy) is 1. The monoisotopic (exact) mass is 497 g/mol. The van der Waals surface area contributed by atoms with Crippen molar-refractivity contribution in [3.63, 3.8) is 0 Å². The summed E-state index contributed by atoms with van der Waals surface area (Å²) >= 11 is 12.2. The molecular weight excluding hydrogens is 473 g/mol. The molecule has 1 amide bonds. The van der Waals surface area contributed by atoms with Crippen molar-refractivity contribution in [2.24, 2.45) is 0 Å². The van der Waals surface area contributed by atoms with Gasteiger partial charge in [0, 0.05) is 22.3 Å². The Bertz CT molecular complexity index is 1290. The fraction of sp³-hybridized carbons (Fsp3) is 0.231. The van der Waals surface area contributed by atoms with E-state index in [9.17, 15) is 4.79 Å². The number of anilines is 1. The van der Waals surface area contributed by atoms with Crippen molar-refractivity contribution in [3.05, 3.63) is 99.1 Å². The van der Waals surface area contributed by atoms with Gasteiger partial charge < -0.3 is 14.5 Å². The highest BCUT2D eigenvalue weighted by Gasteiger charge is 2.15. The Kier molecular flexibility index (Phi) is 7.29. The molecule has 2 aromatic heterocycles. The zero-order valence-electron chi connectivity index (χ0n) is 19.1. The van der Waals surface area contributed by atoms with Gasteiger partial charge >= 0.3 is 0 Å². The summed E-state index contributed by atoms with van der Waals surface area (Å²) in [7, 11) is 0. The Morgan fingerprint density at radius 1 is 1.12 bits per heavy atom. The zero-order valence-corrected chi connectivity index (χ0v) is 20.7. The van der Waals surface area contributed by atoms with E-state index in [-0.39, 0.29) is 24.2 Å². The molecule has 2 aromatic carbocycles. The maximum Gasteiger partial charge on any atom is 0.292 e. The molecule has 34 heavy (non-hydrogen) atoms. The molecule has 0 aliphatic rings. The minimum absolute atomic E-state index is 0.183.